The van der Waals surface area contributed by atoms with Crippen LogP contribution in [0.2, 0.25) is 0 Å². The summed E-state index contributed by atoms with van der Waals surface area (Å²) < 4.78 is 0.916. The fourth-order valence-electron chi connectivity index (χ4n) is 3.96. The van der Waals surface area contributed by atoms with Crippen LogP contribution in [0.4, 0.5) is 0 Å². The van der Waals surface area contributed by atoms with E-state index in [0.717, 1.165) is 29.7 Å². The summed E-state index contributed by atoms with van der Waals surface area (Å²) in [4.78, 5) is 17.2. The lowest BCUT2D eigenvalue weighted by molar-refractivity contribution is 0.0966. The number of nitrogens with zero attached hydrogens (tertiary/aromatic N) is 2. The SMILES string of the molecule is O=C(NC(=S)N1CCN(C(c2ccccc2)c2ccccc2)CC1)c1ccccc1I. The molecule has 6 heteroatoms. The van der Waals surface area contributed by atoms with Gasteiger partial charge >= 0.3 is 0 Å². The summed E-state index contributed by atoms with van der Waals surface area (Å²) in [6, 6.07) is 29.0. The number of carbonyl (C=O) groups excluding carboxylic acids is 1. The van der Waals surface area contributed by atoms with E-state index in [1.54, 1.807) is 0 Å². The van der Waals surface area contributed by atoms with Gasteiger partial charge in [0.15, 0.2) is 5.11 Å². The molecule has 158 valence electrons. The molecule has 1 fully saturated rings. The maximum Gasteiger partial charge on any atom is 0.258 e. The number of amides is 1. The van der Waals surface area contributed by atoms with E-state index in [-0.39, 0.29) is 11.9 Å². The van der Waals surface area contributed by atoms with E-state index in [2.05, 4.69) is 98.4 Å². The van der Waals surface area contributed by atoms with Crippen LogP contribution in [0.15, 0.2) is 84.9 Å². The summed E-state index contributed by atoms with van der Waals surface area (Å²) in [6.07, 6.45) is 0. The van der Waals surface area contributed by atoms with Crippen molar-refractivity contribution in [3.05, 3.63) is 105 Å². The number of halogens is 1. The average molecular weight is 541 g/mol. The maximum absolute atomic E-state index is 12.6. The largest absolute Gasteiger partial charge is 0.346 e. The predicted octanol–water partition coefficient (Wildman–Crippen LogP) is 4.71. The van der Waals surface area contributed by atoms with Crippen molar-refractivity contribution in [3.8, 4) is 0 Å². The van der Waals surface area contributed by atoms with Gasteiger partial charge in [-0.1, -0.05) is 72.8 Å². The summed E-state index contributed by atoms with van der Waals surface area (Å²) in [5.74, 6) is -0.149. The molecule has 0 atom stereocenters. The van der Waals surface area contributed by atoms with E-state index in [1.165, 1.54) is 11.1 Å². The molecule has 0 spiro atoms. The second kappa shape index (κ2) is 10.3. The molecule has 4 rings (SSSR count). The van der Waals surface area contributed by atoms with Crippen molar-refractivity contribution < 1.29 is 4.79 Å². The number of nitrogens with one attached hydrogen (secondary N) is 1. The van der Waals surface area contributed by atoms with E-state index < -0.39 is 0 Å². The minimum atomic E-state index is -0.149. The van der Waals surface area contributed by atoms with Gasteiger partial charge in [-0.2, -0.15) is 0 Å². The Balaban J connectivity index is 1.42. The summed E-state index contributed by atoms with van der Waals surface area (Å²) in [5, 5.41) is 3.41. The van der Waals surface area contributed by atoms with Crippen LogP contribution < -0.4 is 5.32 Å². The summed E-state index contributed by atoms with van der Waals surface area (Å²) in [6.45, 7) is 3.29. The van der Waals surface area contributed by atoms with Crippen LogP contribution in [0, 0.1) is 3.57 Å². The maximum atomic E-state index is 12.6. The Kier molecular flexibility index (Phi) is 7.32. The Morgan fingerprint density at radius 1 is 0.806 bits per heavy atom. The van der Waals surface area contributed by atoms with Gasteiger partial charge in [-0.25, -0.2) is 0 Å². The topological polar surface area (TPSA) is 35.6 Å². The fraction of sp³-hybridized carbons (Fsp3) is 0.200. The molecule has 0 unspecified atom stereocenters. The second-order valence-corrected chi connectivity index (χ2v) is 9.03. The van der Waals surface area contributed by atoms with Gasteiger partial charge in [0.1, 0.15) is 0 Å². The average Bonchev–Trinajstić information content (AvgIpc) is 2.81. The fourth-order valence-corrected chi connectivity index (χ4v) is 4.86. The van der Waals surface area contributed by atoms with Crippen molar-refractivity contribution in [1.82, 2.24) is 15.1 Å². The standard InChI is InChI=1S/C25H24IN3OS/c26-22-14-8-7-13-21(22)24(30)27-25(31)29-17-15-28(16-18-29)23(19-9-3-1-4-10-19)20-11-5-2-6-12-20/h1-14,23H,15-18H2,(H,27,30,31). The summed E-state index contributed by atoms with van der Waals surface area (Å²) in [7, 11) is 0. The van der Waals surface area contributed by atoms with Crippen LogP contribution in [-0.2, 0) is 0 Å². The zero-order valence-electron chi connectivity index (χ0n) is 17.1. The number of benzene rings is 3. The van der Waals surface area contributed by atoms with Crippen LogP contribution in [0.3, 0.4) is 0 Å². The summed E-state index contributed by atoms with van der Waals surface area (Å²) >= 11 is 7.73. The Labute approximate surface area is 202 Å². The van der Waals surface area contributed by atoms with Crippen molar-refractivity contribution in [3.63, 3.8) is 0 Å². The molecule has 1 aliphatic heterocycles. The van der Waals surface area contributed by atoms with Crippen LogP contribution >= 0.6 is 34.8 Å². The quantitative estimate of drug-likeness (QED) is 0.384. The van der Waals surface area contributed by atoms with Gasteiger partial charge in [0.2, 0.25) is 0 Å². The number of piperazine rings is 1. The predicted molar refractivity (Wildman–Crippen MR) is 137 cm³/mol. The zero-order chi connectivity index (χ0) is 21.6. The molecule has 0 bridgehead atoms. The van der Waals surface area contributed by atoms with Gasteiger partial charge in [0.05, 0.1) is 11.6 Å². The molecule has 0 aromatic heterocycles. The first kappa shape index (κ1) is 21.9. The molecule has 0 aliphatic carbocycles. The highest BCUT2D eigenvalue weighted by molar-refractivity contribution is 14.1. The van der Waals surface area contributed by atoms with E-state index >= 15 is 0 Å². The lowest BCUT2D eigenvalue weighted by atomic mass is 9.96. The number of hydrogen-bond acceptors (Lipinski definition) is 3. The Bertz CT molecular complexity index is 997. The monoisotopic (exact) mass is 541 g/mol. The number of rotatable bonds is 4. The van der Waals surface area contributed by atoms with Gasteiger partial charge in [0, 0.05) is 29.7 Å². The Morgan fingerprint density at radius 3 is 1.87 bits per heavy atom. The molecular weight excluding hydrogens is 517 g/mol. The third-order valence-electron chi connectivity index (χ3n) is 5.54. The molecular formula is C25H24IN3OS. The molecule has 1 saturated heterocycles. The minimum Gasteiger partial charge on any atom is -0.346 e. The molecule has 0 radical (unpaired) electrons. The molecule has 1 aliphatic rings. The Morgan fingerprint density at radius 2 is 1.32 bits per heavy atom. The minimum absolute atomic E-state index is 0.149. The van der Waals surface area contributed by atoms with Crippen LogP contribution in [0.5, 0.6) is 0 Å². The Hall–Kier alpha value is -2.29. The van der Waals surface area contributed by atoms with Gasteiger partial charge in [-0.15, -0.1) is 0 Å². The molecule has 4 nitrogen and oxygen atoms in total. The molecule has 1 amide bonds. The normalized spacial score (nSPS) is 14.5. The van der Waals surface area contributed by atoms with E-state index in [0.29, 0.717) is 10.7 Å². The van der Waals surface area contributed by atoms with Gasteiger partial charge in [-0.3, -0.25) is 15.0 Å². The molecule has 1 N–H and O–H groups in total. The summed E-state index contributed by atoms with van der Waals surface area (Å²) in [5.41, 5.74) is 3.23. The van der Waals surface area contributed by atoms with Crippen molar-refractivity contribution in [1.29, 1.82) is 0 Å². The third-order valence-corrected chi connectivity index (χ3v) is 6.84. The first-order chi connectivity index (χ1) is 15.1. The van der Waals surface area contributed by atoms with Crippen LogP contribution in [0.25, 0.3) is 0 Å². The highest BCUT2D eigenvalue weighted by Gasteiger charge is 2.27. The lowest BCUT2D eigenvalue weighted by Gasteiger charge is -2.40. The number of thiocarbonyl (C=S) groups is 1. The van der Waals surface area contributed by atoms with Crippen LogP contribution in [-0.4, -0.2) is 47.0 Å². The van der Waals surface area contributed by atoms with Gasteiger partial charge in [0.25, 0.3) is 5.91 Å². The number of carbonyl (C=O) groups is 1. The van der Waals surface area contributed by atoms with Crippen molar-refractivity contribution in [2.24, 2.45) is 0 Å². The molecule has 1 heterocycles. The van der Waals surface area contributed by atoms with Gasteiger partial charge < -0.3 is 4.90 Å². The molecule has 3 aromatic carbocycles. The molecule has 31 heavy (non-hydrogen) atoms. The molecule has 3 aromatic rings. The van der Waals surface area contributed by atoms with E-state index in [4.69, 9.17) is 12.2 Å². The smallest absolute Gasteiger partial charge is 0.258 e. The van der Waals surface area contributed by atoms with Crippen molar-refractivity contribution >= 4 is 45.8 Å². The highest BCUT2D eigenvalue weighted by atomic mass is 127. The van der Waals surface area contributed by atoms with E-state index in [1.807, 2.05) is 24.3 Å². The first-order valence-corrected chi connectivity index (χ1v) is 11.8. The number of hydrogen-bond donors (Lipinski definition) is 1. The van der Waals surface area contributed by atoms with Crippen molar-refractivity contribution in [2.45, 2.75) is 6.04 Å². The zero-order valence-corrected chi connectivity index (χ0v) is 20.1. The highest BCUT2D eigenvalue weighted by Crippen LogP contribution is 2.29. The third kappa shape index (κ3) is 5.31. The second-order valence-electron chi connectivity index (χ2n) is 7.49. The van der Waals surface area contributed by atoms with Crippen LogP contribution in [0.1, 0.15) is 27.5 Å². The van der Waals surface area contributed by atoms with Gasteiger partial charge in [-0.05, 0) is 58.1 Å². The van der Waals surface area contributed by atoms with Crippen molar-refractivity contribution in [2.75, 3.05) is 26.2 Å². The lowest BCUT2D eigenvalue weighted by Crippen LogP contribution is -2.53. The van der Waals surface area contributed by atoms with E-state index in [9.17, 15) is 4.79 Å². The molecule has 0 saturated carbocycles. The first-order valence-electron chi connectivity index (χ1n) is 10.3.